The molecule has 2 aliphatic heterocycles. The number of carbonyl (C=O) groups excluding carboxylic acids is 1. The molecule has 2 heterocycles. The molecule has 4 rings (SSSR count). The van der Waals surface area contributed by atoms with Gasteiger partial charge in [-0.15, -0.1) is 0 Å². The highest BCUT2D eigenvalue weighted by atomic mass is 16.2. The molecule has 0 atom stereocenters. The lowest BCUT2D eigenvalue weighted by Crippen LogP contribution is -2.36. The van der Waals surface area contributed by atoms with Crippen molar-refractivity contribution < 1.29 is 4.79 Å². The van der Waals surface area contributed by atoms with Crippen molar-refractivity contribution in [2.24, 2.45) is 0 Å². The van der Waals surface area contributed by atoms with Crippen molar-refractivity contribution in [2.75, 3.05) is 41.3 Å². The number of anilines is 3. The molecule has 1 fully saturated rings. The molecule has 2 aliphatic rings. The molecule has 0 spiro atoms. The Hall–Kier alpha value is -2.49. The van der Waals surface area contributed by atoms with Crippen molar-refractivity contribution in [2.45, 2.75) is 25.7 Å². The quantitative estimate of drug-likeness (QED) is 0.926. The fourth-order valence-corrected chi connectivity index (χ4v) is 3.88. The summed E-state index contributed by atoms with van der Waals surface area (Å²) in [7, 11) is 0. The van der Waals surface area contributed by atoms with E-state index in [2.05, 4.69) is 45.4 Å². The summed E-state index contributed by atoms with van der Waals surface area (Å²) >= 11 is 0. The van der Waals surface area contributed by atoms with Crippen LogP contribution in [0.25, 0.3) is 0 Å². The number of nitrogens with zero attached hydrogens (tertiary/aromatic N) is 2. The lowest BCUT2D eigenvalue weighted by molar-refractivity contribution is -0.115. The molecule has 4 nitrogen and oxygen atoms in total. The van der Waals surface area contributed by atoms with Crippen molar-refractivity contribution in [1.82, 2.24) is 0 Å². The minimum atomic E-state index is 0.0469. The number of hydrogen-bond acceptors (Lipinski definition) is 3. The van der Waals surface area contributed by atoms with Crippen LogP contribution in [-0.4, -0.2) is 32.1 Å². The van der Waals surface area contributed by atoms with Crippen molar-refractivity contribution in [3.8, 4) is 0 Å². The zero-order valence-electron chi connectivity index (χ0n) is 14.6. The van der Waals surface area contributed by atoms with Gasteiger partial charge in [-0.2, -0.15) is 0 Å². The van der Waals surface area contributed by atoms with Gasteiger partial charge in [0.25, 0.3) is 0 Å². The summed E-state index contributed by atoms with van der Waals surface area (Å²) < 4.78 is 0. The summed E-state index contributed by atoms with van der Waals surface area (Å²) in [6, 6.07) is 16.6. The summed E-state index contributed by atoms with van der Waals surface area (Å²) in [6.45, 7) is 3.63. The van der Waals surface area contributed by atoms with E-state index in [9.17, 15) is 4.79 Å². The molecule has 0 radical (unpaired) electrons. The molecule has 0 aromatic heterocycles. The van der Waals surface area contributed by atoms with E-state index < -0.39 is 0 Å². The van der Waals surface area contributed by atoms with Crippen LogP contribution < -0.4 is 15.1 Å². The van der Waals surface area contributed by atoms with Crippen LogP contribution in [0.15, 0.2) is 48.5 Å². The van der Waals surface area contributed by atoms with E-state index in [0.29, 0.717) is 6.54 Å². The number of para-hydroxylation sites is 1. The number of fused-ring (bicyclic) bond motifs is 1. The van der Waals surface area contributed by atoms with Gasteiger partial charge in [0.1, 0.15) is 0 Å². The smallest absolute Gasteiger partial charge is 0.243 e. The molecule has 4 heteroatoms. The summed E-state index contributed by atoms with van der Waals surface area (Å²) in [5, 5.41) is 3.04. The lowest BCUT2D eigenvalue weighted by Gasteiger charge is -2.30. The second-order valence-corrected chi connectivity index (χ2v) is 6.94. The number of carbonyl (C=O) groups is 1. The van der Waals surface area contributed by atoms with Gasteiger partial charge >= 0.3 is 0 Å². The Kier molecular flexibility index (Phi) is 4.59. The molecular weight excluding hydrogens is 310 g/mol. The average molecular weight is 335 g/mol. The minimum Gasteiger partial charge on any atom is -0.372 e. The van der Waals surface area contributed by atoms with Gasteiger partial charge in [0.15, 0.2) is 0 Å². The van der Waals surface area contributed by atoms with Crippen molar-refractivity contribution >= 4 is 23.0 Å². The van der Waals surface area contributed by atoms with Gasteiger partial charge in [-0.1, -0.05) is 18.2 Å². The maximum absolute atomic E-state index is 12.5. The van der Waals surface area contributed by atoms with Crippen LogP contribution in [0.4, 0.5) is 17.1 Å². The maximum Gasteiger partial charge on any atom is 0.243 e. The zero-order chi connectivity index (χ0) is 17.1. The van der Waals surface area contributed by atoms with Crippen molar-refractivity contribution in [3.63, 3.8) is 0 Å². The first kappa shape index (κ1) is 16.0. The Labute approximate surface area is 149 Å². The molecule has 0 bridgehead atoms. The molecule has 2 aromatic carbocycles. The highest BCUT2D eigenvalue weighted by Crippen LogP contribution is 2.26. The van der Waals surface area contributed by atoms with Crippen LogP contribution in [0.2, 0.25) is 0 Å². The number of hydrogen-bond donors (Lipinski definition) is 1. The van der Waals surface area contributed by atoms with E-state index in [0.717, 1.165) is 38.2 Å². The van der Waals surface area contributed by atoms with Gasteiger partial charge in [-0.3, -0.25) is 4.79 Å². The third-order valence-electron chi connectivity index (χ3n) is 5.16. The standard InChI is InChI=1S/C21H25N3O/c25-21(16-24-15-5-7-17-6-1-2-8-20(17)24)22-18-9-11-19(12-10-18)23-13-3-4-14-23/h1-2,6,8-12H,3-5,7,13-16H2,(H,22,25). The Morgan fingerprint density at radius 2 is 1.68 bits per heavy atom. The van der Waals surface area contributed by atoms with E-state index >= 15 is 0 Å². The highest BCUT2D eigenvalue weighted by molar-refractivity contribution is 5.94. The molecule has 1 saturated heterocycles. The van der Waals surface area contributed by atoms with Crippen LogP contribution >= 0.6 is 0 Å². The summed E-state index contributed by atoms with van der Waals surface area (Å²) in [4.78, 5) is 17.1. The topological polar surface area (TPSA) is 35.6 Å². The van der Waals surface area contributed by atoms with E-state index in [1.54, 1.807) is 0 Å². The number of nitrogens with one attached hydrogen (secondary N) is 1. The van der Waals surface area contributed by atoms with E-state index in [-0.39, 0.29) is 5.91 Å². The predicted molar refractivity (Wildman–Crippen MR) is 103 cm³/mol. The number of amides is 1. The number of rotatable bonds is 4. The van der Waals surface area contributed by atoms with Gasteiger partial charge in [-0.05, 0) is 61.6 Å². The van der Waals surface area contributed by atoms with Gasteiger partial charge < -0.3 is 15.1 Å². The molecule has 130 valence electrons. The third-order valence-corrected chi connectivity index (χ3v) is 5.16. The molecule has 0 aliphatic carbocycles. The Balaban J connectivity index is 1.38. The van der Waals surface area contributed by atoms with E-state index in [1.165, 1.54) is 29.8 Å². The van der Waals surface area contributed by atoms with Crippen LogP contribution in [0.5, 0.6) is 0 Å². The second kappa shape index (κ2) is 7.18. The minimum absolute atomic E-state index is 0.0469. The first-order chi connectivity index (χ1) is 12.3. The molecule has 25 heavy (non-hydrogen) atoms. The predicted octanol–water partition coefficient (Wildman–Crippen LogP) is 3.68. The van der Waals surface area contributed by atoms with Gasteiger partial charge in [0.2, 0.25) is 5.91 Å². The summed E-state index contributed by atoms with van der Waals surface area (Å²) in [5.41, 5.74) is 4.67. The fourth-order valence-electron chi connectivity index (χ4n) is 3.88. The second-order valence-electron chi connectivity index (χ2n) is 6.94. The van der Waals surface area contributed by atoms with Crippen molar-refractivity contribution in [1.29, 1.82) is 0 Å². The van der Waals surface area contributed by atoms with Crippen molar-refractivity contribution in [3.05, 3.63) is 54.1 Å². The highest BCUT2D eigenvalue weighted by Gasteiger charge is 2.18. The summed E-state index contributed by atoms with van der Waals surface area (Å²) in [6.07, 6.45) is 4.76. The fraction of sp³-hybridized carbons (Fsp3) is 0.381. The van der Waals surface area contributed by atoms with E-state index in [4.69, 9.17) is 0 Å². The lowest BCUT2D eigenvalue weighted by atomic mass is 10.0. The Morgan fingerprint density at radius 1 is 0.920 bits per heavy atom. The summed E-state index contributed by atoms with van der Waals surface area (Å²) in [5.74, 6) is 0.0469. The maximum atomic E-state index is 12.5. The molecule has 0 saturated carbocycles. The van der Waals surface area contributed by atoms with E-state index in [1.807, 2.05) is 18.2 Å². The molecule has 1 amide bonds. The van der Waals surface area contributed by atoms with Crippen LogP contribution in [-0.2, 0) is 11.2 Å². The third kappa shape index (κ3) is 3.63. The average Bonchev–Trinajstić information content (AvgIpc) is 3.17. The van der Waals surface area contributed by atoms with Gasteiger partial charge in [0, 0.05) is 36.7 Å². The number of aryl methyl sites for hydroxylation is 1. The Bertz CT molecular complexity index is 735. The largest absolute Gasteiger partial charge is 0.372 e. The molecular formula is C21H25N3O. The van der Waals surface area contributed by atoms with Crippen LogP contribution in [0.3, 0.4) is 0 Å². The molecule has 0 unspecified atom stereocenters. The first-order valence-corrected chi connectivity index (χ1v) is 9.27. The molecule has 2 aromatic rings. The van der Waals surface area contributed by atoms with Gasteiger partial charge in [0.05, 0.1) is 6.54 Å². The van der Waals surface area contributed by atoms with Gasteiger partial charge in [-0.25, -0.2) is 0 Å². The Morgan fingerprint density at radius 3 is 2.48 bits per heavy atom. The monoisotopic (exact) mass is 335 g/mol. The van der Waals surface area contributed by atoms with Crippen LogP contribution in [0, 0.1) is 0 Å². The van der Waals surface area contributed by atoms with Crippen LogP contribution in [0.1, 0.15) is 24.8 Å². The normalized spacial score (nSPS) is 16.6. The first-order valence-electron chi connectivity index (χ1n) is 9.27. The number of benzene rings is 2. The zero-order valence-corrected chi connectivity index (χ0v) is 14.6. The SMILES string of the molecule is O=C(CN1CCCc2ccccc21)Nc1ccc(N2CCCC2)cc1. The molecule has 1 N–H and O–H groups in total.